The Morgan fingerprint density at radius 3 is 2.89 bits per heavy atom. The van der Waals surface area contributed by atoms with Gasteiger partial charge in [-0.2, -0.15) is 0 Å². The Hall–Kier alpha value is -1.91. The molecule has 1 aromatic rings. The lowest BCUT2D eigenvalue weighted by molar-refractivity contribution is -0.385. The van der Waals surface area contributed by atoms with E-state index in [2.05, 4.69) is 5.32 Å². The van der Waals surface area contributed by atoms with Crippen LogP contribution in [0.25, 0.3) is 0 Å². The Labute approximate surface area is 104 Å². The van der Waals surface area contributed by atoms with Crippen molar-refractivity contribution in [1.82, 2.24) is 5.32 Å². The Kier molecular flexibility index (Phi) is 2.54. The van der Waals surface area contributed by atoms with Crippen LogP contribution in [0.15, 0.2) is 18.2 Å². The summed E-state index contributed by atoms with van der Waals surface area (Å²) >= 11 is 0. The smallest absolute Gasteiger partial charge is 0.269 e. The first kappa shape index (κ1) is 11.2. The van der Waals surface area contributed by atoms with Gasteiger partial charge >= 0.3 is 0 Å². The third-order valence-corrected chi connectivity index (χ3v) is 3.98. The maximum absolute atomic E-state index is 11.4. The van der Waals surface area contributed by atoms with Crippen molar-refractivity contribution in [3.05, 3.63) is 39.4 Å². The average Bonchev–Trinajstić information content (AvgIpc) is 2.37. The number of carbonyl (C=O) groups is 1. The fraction of sp³-hybridized carbons (Fsp3) is 0.462. The van der Waals surface area contributed by atoms with Crippen LogP contribution >= 0.6 is 0 Å². The molecule has 1 aliphatic carbocycles. The lowest BCUT2D eigenvalue weighted by atomic mass is 9.75. The summed E-state index contributed by atoms with van der Waals surface area (Å²) < 4.78 is 0. The second kappa shape index (κ2) is 4.08. The van der Waals surface area contributed by atoms with Crippen molar-refractivity contribution in [2.24, 2.45) is 0 Å². The van der Waals surface area contributed by atoms with Crippen LogP contribution in [0.3, 0.4) is 0 Å². The van der Waals surface area contributed by atoms with E-state index in [-0.39, 0.29) is 28.5 Å². The number of aryl methyl sites for hydroxylation is 1. The lowest BCUT2D eigenvalue weighted by Gasteiger charge is -2.37. The number of carbonyl (C=O) groups excluding carboxylic acids is 1. The Morgan fingerprint density at radius 1 is 1.28 bits per heavy atom. The number of fused-ring (bicyclic) bond motifs is 3. The molecular weight excluding hydrogens is 232 g/mol. The van der Waals surface area contributed by atoms with E-state index in [4.69, 9.17) is 0 Å². The summed E-state index contributed by atoms with van der Waals surface area (Å²) in [6.07, 6.45) is 3.13. The molecular formula is C13H14N2O3. The van der Waals surface area contributed by atoms with Crippen LogP contribution in [-0.4, -0.2) is 16.9 Å². The molecule has 1 aromatic carbocycles. The van der Waals surface area contributed by atoms with Gasteiger partial charge in [-0.1, -0.05) is 6.07 Å². The van der Waals surface area contributed by atoms with Crippen molar-refractivity contribution in [3.8, 4) is 0 Å². The summed E-state index contributed by atoms with van der Waals surface area (Å²) in [5, 5.41) is 13.8. The molecule has 1 saturated heterocycles. The second-order valence-corrected chi connectivity index (χ2v) is 5.00. The summed E-state index contributed by atoms with van der Waals surface area (Å²) in [5.74, 6) is 0.344. The van der Waals surface area contributed by atoms with Gasteiger partial charge in [0.05, 0.1) is 4.92 Å². The number of nitro groups is 1. The number of hydrogen-bond donors (Lipinski definition) is 1. The minimum Gasteiger partial charge on any atom is -0.353 e. The summed E-state index contributed by atoms with van der Waals surface area (Å²) in [4.78, 5) is 21.9. The molecule has 2 atom stereocenters. The van der Waals surface area contributed by atoms with Crippen LogP contribution in [-0.2, 0) is 11.2 Å². The summed E-state index contributed by atoms with van der Waals surface area (Å²) in [6.45, 7) is 0. The SMILES string of the molecule is O=C1CC[C@H]2c3cc([N+](=O)[O-])ccc3CC[C@@H]2N1. The molecule has 94 valence electrons. The highest BCUT2D eigenvalue weighted by Crippen LogP contribution is 2.38. The van der Waals surface area contributed by atoms with E-state index in [1.165, 1.54) is 5.56 Å². The number of rotatable bonds is 1. The molecule has 0 radical (unpaired) electrons. The molecule has 0 spiro atoms. The minimum atomic E-state index is -0.356. The van der Waals surface area contributed by atoms with Crippen molar-refractivity contribution < 1.29 is 9.72 Å². The first-order valence-electron chi connectivity index (χ1n) is 6.22. The predicted molar refractivity (Wildman–Crippen MR) is 65.3 cm³/mol. The topological polar surface area (TPSA) is 72.2 Å². The average molecular weight is 246 g/mol. The molecule has 0 unspecified atom stereocenters. The molecule has 1 aliphatic heterocycles. The summed E-state index contributed by atoms with van der Waals surface area (Å²) in [6, 6.07) is 5.27. The van der Waals surface area contributed by atoms with Gasteiger partial charge < -0.3 is 5.32 Å². The molecule has 1 N–H and O–H groups in total. The van der Waals surface area contributed by atoms with Gasteiger partial charge in [0.1, 0.15) is 0 Å². The molecule has 1 amide bonds. The Morgan fingerprint density at radius 2 is 2.11 bits per heavy atom. The van der Waals surface area contributed by atoms with E-state index in [1.807, 2.05) is 6.07 Å². The molecule has 0 aromatic heterocycles. The van der Waals surface area contributed by atoms with Gasteiger partial charge in [0.25, 0.3) is 5.69 Å². The van der Waals surface area contributed by atoms with E-state index in [1.54, 1.807) is 12.1 Å². The number of non-ortho nitro benzene ring substituents is 1. The molecule has 18 heavy (non-hydrogen) atoms. The number of nitrogens with zero attached hydrogens (tertiary/aromatic N) is 1. The molecule has 2 aliphatic rings. The number of benzene rings is 1. The number of hydrogen-bond acceptors (Lipinski definition) is 3. The van der Waals surface area contributed by atoms with E-state index in [0.29, 0.717) is 6.42 Å². The van der Waals surface area contributed by atoms with Crippen LogP contribution in [0, 0.1) is 10.1 Å². The third-order valence-electron chi connectivity index (χ3n) is 3.98. The number of nitro benzene ring substituents is 1. The van der Waals surface area contributed by atoms with Crippen molar-refractivity contribution in [2.75, 3.05) is 0 Å². The van der Waals surface area contributed by atoms with Crippen molar-refractivity contribution in [2.45, 2.75) is 37.6 Å². The van der Waals surface area contributed by atoms with Crippen LogP contribution < -0.4 is 5.32 Å². The normalized spacial score (nSPS) is 25.9. The fourth-order valence-electron chi connectivity index (χ4n) is 3.09. The Balaban J connectivity index is 1.99. The highest BCUT2D eigenvalue weighted by Gasteiger charge is 2.34. The third kappa shape index (κ3) is 1.75. The molecule has 5 nitrogen and oxygen atoms in total. The van der Waals surface area contributed by atoms with Gasteiger partial charge in [-0.05, 0) is 30.4 Å². The number of nitrogens with one attached hydrogen (secondary N) is 1. The number of amides is 1. The summed E-state index contributed by atoms with van der Waals surface area (Å²) in [5.41, 5.74) is 2.39. The molecule has 1 fully saturated rings. The standard InChI is InChI=1S/C13H14N2O3/c16-13-6-4-10-11-7-9(15(17)18)3-1-8(11)2-5-12(10)14-13/h1,3,7,10,12H,2,4-6H2,(H,14,16)/t10-,12-/m0/s1. The largest absolute Gasteiger partial charge is 0.353 e. The van der Waals surface area contributed by atoms with E-state index in [9.17, 15) is 14.9 Å². The van der Waals surface area contributed by atoms with Gasteiger partial charge in [0, 0.05) is 30.5 Å². The van der Waals surface area contributed by atoms with Crippen molar-refractivity contribution >= 4 is 11.6 Å². The zero-order valence-corrected chi connectivity index (χ0v) is 9.89. The minimum absolute atomic E-state index is 0.102. The van der Waals surface area contributed by atoms with Gasteiger partial charge in [-0.3, -0.25) is 14.9 Å². The summed E-state index contributed by atoms with van der Waals surface area (Å²) in [7, 11) is 0. The highest BCUT2D eigenvalue weighted by molar-refractivity contribution is 5.77. The van der Waals surface area contributed by atoms with Gasteiger partial charge in [0.2, 0.25) is 5.91 Å². The van der Waals surface area contributed by atoms with E-state index >= 15 is 0 Å². The predicted octanol–water partition coefficient (Wildman–Crippen LogP) is 1.90. The molecule has 3 rings (SSSR count). The van der Waals surface area contributed by atoms with Crippen LogP contribution in [0.2, 0.25) is 0 Å². The van der Waals surface area contributed by atoms with Crippen molar-refractivity contribution in [3.63, 3.8) is 0 Å². The van der Waals surface area contributed by atoms with Crippen LogP contribution in [0.4, 0.5) is 5.69 Å². The first-order chi connectivity index (χ1) is 8.65. The van der Waals surface area contributed by atoms with Crippen molar-refractivity contribution in [1.29, 1.82) is 0 Å². The molecule has 0 bridgehead atoms. The maximum atomic E-state index is 11.4. The zero-order chi connectivity index (χ0) is 12.7. The first-order valence-corrected chi connectivity index (χ1v) is 6.22. The molecule has 0 saturated carbocycles. The highest BCUT2D eigenvalue weighted by atomic mass is 16.6. The second-order valence-electron chi connectivity index (χ2n) is 5.00. The number of piperidine rings is 1. The van der Waals surface area contributed by atoms with E-state index < -0.39 is 0 Å². The van der Waals surface area contributed by atoms with Gasteiger partial charge in [-0.15, -0.1) is 0 Å². The quantitative estimate of drug-likeness (QED) is 0.607. The maximum Gasteiger partial charge on any atom is 0.269 e. The lowest BCUT2D eigenvalue weighted by Crippen LogP contribution is -2.45. The molecule has 5 heteroatoms. The Bertz CT molecular complexity index is 527. The van der Waals surface area contributed by atoms with Crippen LogP contribution in [0.5, 0.6) is 0 Å². The van der Waals surface area contributed by atoms with Crippen LogP contribution in [0.1, 0.15) is 36.3 Å². The fourth-order valence-corrected chi connectivity index (χ4v) is 3.09. The monoisotopic (exact) mass is 246 g/mol. The van der Waals surface area contributed by atoms with Gasteiger partial charge in [-0.25, -0.2) is 0 Å². The van der Waals surface area contributed by atoms with Gasteiger partial charge in [0.15, 0.2) is 0 Å². The molecule has 1 heterocycles. The zero-order valence-electron chi connectivity index (χ0n) is 9.89. The van der Waals surface area contributed by atoms with E-state index in [0.717, 1.165) is 24.8 Å².